The molecule has 25 heavy (non-hydrogen) atoms. The fraction of sp³-hybridized carbons (Fsp3) is 0.278. The van der Waals surface area contributed by atoms with Crippen LogP contribution in [-0.2, 0) is 0 Å². The Morgan fingerprint density at radius 1 is 1.36 bits per heavy atom. The maximum atomic E-state index is 10.8. The van der Waals surface area contributed by atoms with Crippen LogP contribution in [0.4, 0.5) is 11.4 Å². The van der Waals surface area contributed by atoms with Gasteiger partial charge >= 0.3 is 0 Å². The molecule has 2 aromatic carbocycles. The molecule has 7 heteroatoms. The number of hydrogen-bond acceptors (Lipinski definition) is 5. The lowest BCUT2D eigenvalue weighted by molar-refractivity contribution is -0.384. The Morgan fingerprint density at radius 3 is 2.76 bits per heavy atom. The highest BCUT2D eigenvalue weighted by Crippen LogP contribution is 2.37. The molecule has 0 aromatic heterocycles. The van der Waals surface area contributed by atoms with Crippen LogP contribution in [0.15, 0.2) is 41.4 Å². The first-order chi connectivity index (χ1) is 11.9. The van der Waals surface area contributed by atoms with Gasteiger partial charge in [-0.15, -0.1) is 0 Å². The second-order valence-electron chi connectivity index (χ2n) is 5.41. The van der Waals surface area contributed by atoms with Crippen LogP contribution in [0.25, 0.3) is 0 Å². The van der Waals surface area contributed by atoms with E-state index in [0.29, 0.717) is 27.8 Å². The van der Waals surface area contributed by atoms with Gasteiger partial charge in [-0.2, -0.15) is 0 Å². The number of benzene rings is 2. The Kier molecular flexibility index (Phi) is 6.36. The zero-order valence-corrected chi connectivity index (χ0v) is 15.0. The minimum absolute atomic E-state index is 0.00999. The van der Waals surface area contributed by atoms with E-state index in [-0.39, 0.29) is 11.8 Å². The number of halogens is 1. The second-order valence-corrected chi connectivity index (χ2v) is 5.81. The van der Waals surface area contributed by atoms with Gasteiger partial charge in [0.2, 0.25) is 0 Å². The molecular weight excluding hydrogens is 344 g/mol. The Bertz CT molecular complexity index is 793. The maximum Gasteiger partial charge on any atom is 0.271 e. The highest BCUT2D eigenvalue weighted by molar-refractivity contribution is 6.32. The molecule has 0 heterocycles. The minimum atomic E-state index is -0.458. The average molecular weight is 363 g/mol. The molecule has 0 aliphatic rings. The van der Waals surface area contributed by atoms with Crippen molar-refractivity contribution in [2.24, 2.45) is 4.99 Å². The van der Waals surface area contributed by atoms with Crippen LogP contribution in [0.1, 0.15) is 25.8 Å². The monoisotopic (exact) mass is 362 g/mol. The highest BCUT2D eigenvalue weighted by Gasteiger charge is 2.14. The third-order valence-electron chi connectivity index (χ3n) is 3.55. The van der Waals surface area contributed by atoms with Crippen LogP contribution >= 0.6 is 11.6 Å². The molecule has 0 spiro atoms. The van der Waals surface area contributed by atoms with E-state index in [0.717, 1.165) is 6.42 Å². The number of nitro benzene ring substituents is 1. The lowest BCUT2D eigenvalue weighted by Gasteiger charge is -2.17. The largest absolute Gasteiger partial charge is 0.493 e. The normalized spacial score (nSPS) is 12.2. The molecule has 0 saturated carbocycles. The molecule has 6 nitrogen and oxygen atoms in total. The number of ether oxygens (including phenoxy) is 2. The molecule has 0 radical (unpaired) electrons. The number of non-ortho nitro benzene ring substituents is 1. The predicted octanol–water partition coefficient (Wildman–Crippen LogP) is 5.18. The van der Waals surface area contributed by atoms with Gasteiger partial charge in [0.25, 0.3) is 5.69 Å². The van der Waals surface area contributed by atoms with Gasteiger partial charge in [0.05, 0.1) is 28.8 Å². The number of nitrogens with zero attached hydrogens (tertiary/aromatic N) is 2. The van der Waals surface area contributed by atoms with E-state index in [2.05, 4.69) is 4.99 Å². The predicted molar refractivity (Wildman–Crippen MR) is 98.7 cm³/mol. The number of aliphatic imine (C=N–C) groups is 1. The molecule has 0 aliphatic carbocycles. The van der Waals surface area contributed by atoms with Crippen LogP contribution in [-0.4, -0.2) is 24.4 Å². The summed E-state index contributed by atoms with van der Waals surface area (Å²) >= 11 is 6.31. The molecule has 0 unspecified atom stereocenters. The van der Waals surface area contributed by atoms with Gasteiger partial charge in [0.1, 0.15) is 0 Å². The molecule has 0 fully saturated rings. The zero-order chi connectivity index (χ0) is 18.4. The van der Waals surface area contributed by atoms with Crippen molar-refractivity contribution in [3.63, 3.8) is 0 Å². The Morgan fingerprint density at radius 2 is 2.12 bits per heavy atom. The summed E-state index contributed by atoms with van der Waals surface area (Å²) in [6.45, 7) is 3.97. The standard InChI is InChI=1S/C18H19ClN2O4/c1-4-12(2)25-18-16(19)8-13(9-17(18)24-3)11-20-14-6-5-7-15(10-14)21(22)23/h5-12H,4H2,1-3H3/t12-/m1/s1. The van der Waals surface area contributed by atoms with Gasteiger partial charge in [-0.25, -0.2) is 0 Å². The number of nitro groups is 1. The molecule has 0 N–H and O–H groups in total. The lowest BCUT2D eigenvalue weighted by Crippen LogP contribution is -2.11. The van der Waals surface area contributed by atoms with Crippen LogP contribution in [0.5, 0.6) is 11.5 Å². The van der Waals surface area contributed by atoms with Gasteiger partial charge in [-0.05, 0) is 37.1 Å². The van der Waals surface area contributed by atoms with Crippen molar-refractivity contribution < 1.29 is 14.4 Å². The third-order valence-corrected chi connectivity index (χ3v) is 3.83. The van der Waals surface area contributed by atoms with Crippen molar-refractivity contribution in [3.8, 4) is 11.5 Å². The summed E-state index contributed by atoms with van der Waals surface area (Å²) in [6, 6.07) is 9.55. The lowest BCUT2D eigenvalue weighted by atomic mass is 10.2. The molecule has 132 valence electrons. The number of methoxy groups -OCH3 is 1. The fourth-order valence-corrected chi connectivity index (χ4v) is 2.31. The quantitative estimate of drug-likeness (QED) is 0.386. The summed E-state index contributed by atoms with van der Waals surface area (Å²) in [7, 11) is 1.54. The van der Waals surface area contributed by atoms with E-state index in [1.807, 2.05) is 13.8 Å². The highest BCUT2D eigenvalue weighted by atomic mass is 35.5. The van der Waals surface area contributed by atoms with Crippen molar-refractivity contribution in [1.82, 2.24) is 0 Å². The van der Waals surface area contributed by atoms with Crippen LogP contribution in [0.2, 0.25) is 5.02 Å². The SMILES string of the molecule is CC[C@@H](C)Oc1c(Cl)cc(C=Nc2cccc([N+](=O)[O-])c2)cc1OC. The average Bonchev–Trinajstić information content (AvgIpc) is 2.61. The minimum Gasteiger partial charge on any atom is -0.493 e. The number of rotatable bonds is 7. The third kappa shape index (κ3) is 4.93. The van der Waals surface area contributed by atoms with E-state index in [1.165, 1.54) is 19.2 Å². The second kappa shape index (κ2) is 8.48. The van der Waals surface area contributed by atoms with E-state index in [4.69, 9.17) is 21.1 Å². The smallest absolute Gasteiger partial charge is 0.271 e. The summed E-state index contributed by atoms with van der Waals surface area (Å²) in [6.07, 6.45) is 2.42. The van der Waals surface area contributed by atoms with Crippen molar-refractivity contribution in [3.05, 3.63) is 57.1 Å². The summed E-state index contributed by atoms with van der Waals surface area (Å²) in [5.74, 6) is 0.999. The van der Waals surface area contributed by atoms with Crippen molar-refractivity contribution >= 4 is 29.2 Å². The zero-order valence-electron chi connectivity index (χ0n) is 14.2. The summed E-state index contributed by atoms with van der Waals surface area (Å²) in [4.78, 5) is 14.6. The molecule has 1 atom stereocenters. The van der Waals surface area contributed by atoms with Crippen molar-refractivity contribution in [2.75, 3.05) is 7.11 Å². The molecule has 0 amide bonds. The topological polar surface area (TPSA) is 74.0 Å². The van der Waals surface area contributed by atoms with Crippen LogP contribution < -0.4 is 9.47 Å². The Labute approximate surface area is 151 Å². The van der Waals surface area contributed by atoms with Gasteiger partial charge in [-0.3, -0.25) is 15.1 Å². The molecule has 0 aliphatic heterocycles. The summed E-state index contributed by atoms with van der Waals surface area (Å²) in [5.41, 5.74) is 1.16. The van der Waals surface area contributed by atoms with Gasteiger partial charge in [0.15, 0.2) is 11.5 Å². The van der Waals surface area contributed by atoms with Gasteiger partial charge < -0.3 is 9.47 Å². The van der Waals surface area contributed by atoms with E-state index in [9.17, 15) is 10.1 Å². The fourth-order valence-electron chi connectivity index (χ4n) is 2.05. The first kappa shape index (κ1) is 18.7. The molecule has 2 rings (SSSR count). The van der Waals surface area contributed by atoms with E-state index < -0.39 is 4.92 Å². The first-order valence-electron chi connectivity index (χ1n) is 7.77. The number of hydrogen-bond donors (Lipinski definition) is 0. The van der Waals surface area contributed by atoms with Crippen molar-refractivity contribution in [2.45, 2.75) is 26.4 Å². The first-order valence-corrected chi connectivity index (χ1v) is 8.15. The Balaban J connectivity index is 2.29. The van der Waals surface area contributed by atoms with Gasteiger partial charge in [-0.1, -0.05) is 24.6 Å². The Hall–Kier alpha value is -2.60. The van der Waals surface area contributed by atoms with E-state index in [1.54, 1.807) is 30.5 Å². The molecular formula is C18H19ClN2O4. The molecule has 0 bridgehead atoms. The van der Waals surface area contributed by atoms with Gasteiger partial charge in [0, 0.05) is 18.3 Å². The summed E-state index contributed by atoms with van der Waals surface area (Å²) in [5, 5.41) is 11.2. The molecule has 2 aromatic rings. The maximum absolute atomic E-state index is 10.8. The van der Waals surface area contributed by atoms with E-state index >= 15 is 0 Å². The summed E-state index contributed by atoms with van der Waals surface area (Å²) < 4.78 is 11.2. The molecule has 0 saturated heterocycles. The van der Waals surface area contributed by atoms with Crippen molar-refractivity contribution in [1.29, 1.82) is 0 Å². The van der Waals surface area contributed by atoms with Crippen LogP contribution in [0.3, 0.4) is 0 Å². The van der Waals surface area contributed by atoms with Crippen LogP contribution in [0, 0.1) is 10.1 Å².